The molecular formula is C20H15N3O4S. The van der Waals surface area contributed by atoms with E-state index in [1.54, 1.807) is 6.07 Å². The number of hydrogen-bond acceptors (Lipinski definition) is 5. The summed E-state index contributed by atoms with van der Waals surface area (Å²) in [5.74, 6) is -0.754. The number of nitrogens with one attached hydrogen (secondary N) is 1. The minimum Gasteiger partial charge on any atom is -0.506 e. The Morgan fingerprint density at radius 3 is 2.50 bits per heavy atom. The average Bonchev–Trinajstić information content (AvgIpc) is 2.93. The van der Waals surface area contributed by atoms with Crippen LogP contribution in [0.3, 0.4) is 0 Å². The van der Waals surface area contributed by atoms with Crippen LogP contribution in [0.4, 0.5) is 5.69 Å². The first-order valence-electron chi connectivity index (χ1n) is 8.33. The lowest BCUT2D eigenvalue weighted by Gasteiger charge is -2.16. The average molecular weight is 393 g/mol. The number of phenols is 1. The highest BCUT2D eigenvalue weighted by molar-refractivity contribution is 7.91. The molecule has 0 unspecified atom stereocenters. The van der Waals surface area contributed by atoms with Gasteiger partial charge in [0, 0.05) is 0 Å². The van der Waals surface area contributed by atoms with E-state index in [-0.39, 0.29) is 11.4 Å². The summed E-state index contributed by atoms with van der Waals surface area (Å²) in [4.78, 5) is 0. The molecule has 0 bridgehead atoms. The van der Waals surface area contributed by atoms with Crippen LogP contribution < -0.4 is 9.03 Å². The SMILES string of the molecule is N#CCc1cccc(-c2ccc3cc(O)c(N4C=C(O)NS4(=O)=O)cc3c2)c1. The second-order valence-corrected chi connectivity index (χ2v) is 7.90. The van der Waals surface area contributed by atoms with Crippen LogP contribution >= 0.6 is 0 Å². The van der Waals surface area contributed by atoms with Gasteiger partial charge < -0.3 is 10.2 Å². The number of rotatable bonds is 3. The molecule has 7 nitrogen and oxygen atoms in total. The lowest BCUT2D eigenvalue weighted by atomic mass is 9.98. The van der Waals surface area contributed by atoms with E-state index in [9.17, 15) is 18.6 Å². The first-order chi connectivity index (χ1) is 13.4. The summed E-state index contributed by atoms with van der Waals surface area (Å²) in [6.45, 7) is 0. The molecule has 8 heteroatoms. The summed E-state index contributed by atoms with van der Waals surface area (Å²) in [7, 11) is -4.00. The zero-order chi connectivity index (χ0) is 19.9. The summed E-state index contributed by atoms with van der Waals surface area (Å²) in [5.41, 5.74) is 2.75. The van der Waals surface area contributed by atoms with Crippen LogP contribution in [0.1, 0.15) is 5.56 Å². The number of nitrogens with zero attached hydrogens (tertiary/aromatic N) is 2. The normalized spacial score (nSPS) is 15.1. The Kier molecular flexibility index (Phi) is 4.09. The third-order valence-corrected chi connectivity index (χ3v) is 5.73. The highest BCUT2D eigenvalue weighted by Gasteiger charge is 2.30. The molecule has 3 N–H and O–H groups in total. The number of fused-ring (bicyclic) bond motifs is 1. The van der Waals surface area contributed by atoms with Gasteiger partial charge in [0.15, 0.2) is 0 Å². The van der Waals surface area contributed by atoms with Gasteiger partial charge in [-0.15, -0.1) is 0 Å². The molecule has 0 saturated carbocycles. The topological polar surface area (TPSA) is 114 Å². The minimum atomic E-state index is -4.00. The van der Waals surface area contributed by atoms with Crippen molar-refractivity contribution in [3.63, 3.8) is 0 Å². The Bertz CT molecular complexity index is 1280. The van der Waals surface area contributed by atoms with Gasteiger partial charge in [0.05, 0.1) is 18.7 Å². The van der Waals surface area contributed by atoms with E-state index in [0.29, 0.717) is 11.8 Å². The van der Waals surface area contributed by atoms with Crippen molar-refractivity contribution in [2.24, 2.45) is 0 Å². The Labute approximate surface area is 161 Å². The summed E-state index contributed by atoms with van der Waals surface area (Å²) in [5, 5.41) is 30.1. The predicted molar refractivity (Wildman–Crippen MR) is 106 cm³/mol. The maximum atomic E-state index is 12.1. The number of phenolic OH excluding ortho intramolecular Hbond substituents is 1. The van der Waals surface area contributed by atoms with Crippen molar-refractivity contribution in [2.45, 2.75) is 6.42 Å². The van der Waals surface area contributed by atoms with E-state index in [1.165, 1.54) is 6.07 Å². The molecule has 0 aliphatic carbocycles. The molecule has 0 atom stereocenters. The molecule has 4 rings (SSSR count). The monoisotopic (exact) mass is 393 g/mol. The fraction of sp³-hybridized carbons (Fsp3) is 0.0500. The van der Waals surface area contributed by atoms with Gasteiger partial charge in [-0.1, -0.05) is 36.4 Å². The van der Waals surface area contributed by atoms with Gasteiger partial charge in [-0.3, -0.25) is 0 Å². The quantitative estimate of drug-likeness (QED) is 0.632. The van der Waals surface area contributed by atoms with E-state index in [1.807, 2.05) is 47.2 Å². The second-order valence-electron chi connectivity index (χ2n) is 6.36. The molecule has 1 heterocycles. The van der Waals surface area contributed by atoms with Crippen LogP contribution in [0.15, 0.2) is 66.7 Å². The molecule has 0 aromatic heterocycles. The molecule has 0 fully saturated rings. The Morgan fingerprint density at radius 2 is 1.79 bits per heavy atom. The summed E-state index contributed by atoms with van der Waals surface area (Å²) in [6, 6.07) is 18.4. The molecule has 0 radical (unpaired) electrons. The fourth-order valence-corrected chi connectivity index (χ4v) is 4.23. The maximum absolute atomic E-state index is 12.1. The van der Waals surface area contributed by atoms with E-state index < -0.39 is 16.1 Å². The van der Waals surface area contributed by atoms with Gasteiger partial charge in [-0.25, -0.2) is 9.03 Å². The van der Waals surface area contributed by atoms with Crippen molar-refractivity contribution in [1.82, 2.24) is 4.72 Å². The molecule has 0 spiro atoms. The summed E-state index contributed by atoms with van der Waals surface area (Å²) in [6.07, 6.45) is 1.31. The Morgan fingerprint density at radius 1 is 1.00 bits per heavy atom. The molecule has 1 aliphatic heterocycles. The third kappa shape index (κ3) is 3.08. The molecule has 3 aromatic rings. The van der Waals surface area contributed by atoms with Crippen LogP contribution in [0, 0.1) is 11.3 Å². The van der Waals surface area contributed by atoms with Gasteiger partial charge in [0.1, 0.15) is 11.4 Å². The largest absolute Gasteiger partial charge is 0.506 e. The number of anilines is 1. The molecule has 0 amide bonds. The first-order valence-corrected chi connectivity index (χ1v) is 9.77. The van der Waals surface area contributed by atoms with Crippen LogP contribution in [0.2, 0.25) is 0 Å². The summed E-state index contributed by atoms with van der Waals surface area (Å²) >= 11 is 0. The number of hydrogen-bond donors (Lipinski definition) is 3. The van der Waals surface area contributed by atoms with Gasteiger partial charge in [0.2, 0.25) is 5.88 Å². The lowest BCUT2D eigenvalue weighted by molar-refractivity contribution is 0.392. The van der Waals surface area contributed by atoms with Crippen LogP contribution in [-0.4, -0.2) is 18.6 Å². The van der Waals surface area contributed by atoms with Crippen molar-refractivity contribution in [3.8, 4) is 22.9 Å². The molecule has 0 saturated heterocycles. The molecule has 1 aliphatic rings. The van der Waals surface area contributed by atoms with Crippen LogP contribution in [-0.2, 0) is 16.6 Å². The van der Waals surface area contributed by atoms with Crippen molar-refractivity contribution < 1.29 is 18.6 Å². The Hall–Kier alpha value is -3.70. The first kappa shape index (κ1) is 17.7. The number of nitriles is 1. The van der Waals surface area contributed by atoms with E-state index in [0.717, 1.165) is 32.6 Å². The third-order valence-electron chi connectivity index (χ3n) is 4.45. The number of aromatic hydroxyl groups is 1. The van der Waals surface area contributed by atoms with Gasteiger partial charge >= 0.3 is 10.2 Å². The molecule has 3 aromatic carbocycles. The zero-order valence-corrected chi connectivity index (χ0v) is 15.3. The fourth-order valence-electron chi connectivity index (χ4n) is 3.17. The van der Waals surface area contributed by atoms with Gasteiger partial charge in [0.25, 0.3) is 0 Å². The van der Waals surface area contributed by atoms with Crippen molar-refractivity contribution in [2.75, 3.05) is 4.31 Å². The van der Waals surface area contributed by atoms with Crippen molar-refractivity contribution in [1.29, 1.82) is 5.26 Å². The van der Waals surface area contributed by atoms with Crippen LogP contribution in [0.25, 0.3) is 21.9 Å². The highest BCUT2D eigenvalue weighted by atomic mass is 32.2. The number of aliphatic hydroxyl groups excluding tert-OH is 1. The van der Waals surface area contributed by atoms with E-state index in [4.69, 9.17) is 5.26 Å². The summed E-state index contributed by atoms with van der Waals surface area (Å²) < 4.78 is 27.0. The maximum Gasteiger partial charge on any atom is 0.330 e. The predicted octanol–water partition coefficient (Wildman–Crippen LogP) is 3.29. The molecule has 140 valence electrons. The zero-order valence-electron chi connectivity index (χ0n) is 14.5. The van der Waals surface area contributed by atoms with E-state index >= 15 is 0 Å². The molecule has 28 heavy (non-hydrogen) atoms. The smallest absolute Gasteiger partial charge is 0.330 e. The van der Waals surface area contributed by atoms with E-state index in [2.05, 4.69) is 6.07 Å². The standard InChI is InChI=1S/C20H15N3O4S/c21-7-6-13-2-1-3-14(8-13)15-4-5-16-11-19(24)18(10-17(16)9-15)23-12-20(25)22-28(23,26)27/h1-5,8-12,22,24-25H,6H2. The van der Waals surface area contributed by atoms with Crippen molar-refractivity contribution in [3.05, 3.63) is 72.2 Å². The lowest BCUT2D eigenvalue weighted by Crippen LogP contribution is -2.29. The number of aliphatic hydroxyl groups is 1. The second kappa shape index (κ2) is 6.48. The van der Waals surface area contributed by atoms with Crippen LogP contribution in [0.5, 0.6) is 5.75 Å². The Balaban J connectivity index is 1.83. The highest BCUT2D eigenvalue weighted by Crippen LogP contribution is 2.37. The minimum absolute atomic E-state index is 0.0273. The van der Waals surface area contributed by atoms with Crippen molar-refractivity contribution >= 4 is 26.7 Å². The van der Waals surface area contributed by atoms with Gasteiger partial charge in [-0.2, -0.15) is 13.7 Å². The molecular weight excluding hydrogens is 378 g/mol. The number of benzene rings is 3. The van der Waals surface area contributed by atoms with Gasteiger partial charge in [-0.05, 0) is 45.7 Å².